The van der Waals surface area contributed by atoms with E-state index in [0.717, 1.165) is 0 Å². The smallest absolute Gasteiger partial charge is 0.180 e. The van der Waals surface area contributed by atoms with Gasteiger partial charge in [0.1, 0.15) is 0 Å². The van der Waals surface area contributed by atoms with Crippen molar-refractivity contribution < 1.29 is 18.3 Å². The van der Waals surface area contributed by atoms with Gasteiger partial charge in [0.05, 0.1) is 17.3 Å². The number of benzene rings is 1. The zero-order chi connectivity index (χ0) is 13.1. The lowest BCUT2D eigenvalue weighted by molar-refractivity contribution is 0.0939. The summed E-state index contributed by atoms with van der Waals surface area (Å²) in [7, 11) is -3.43. The predicted octanol–water partition coefficient (Wildman–Crippen LogP) is 1.29. The lowest BCUT2D eigenvalue weighted by Gasteiger charge is -2.06. The van der Waals surface area contributed by atoms with Crippen LogP contribution in [0.4, 0.5) is 0 Å². The van der Waals surface area contributed by atoms with E-state index in [1.165, 1.54) is 24.3 Å². The van der Waals surface area contributed by atoms with Crippen molar-refractivity contribution in [3.8, 4) is 0 Å². The fourth-order valence-corrected chi connectivity index (χ4v) is 2.42. The molecule has 0 bridgehead atoms. The van der Waals surface area contributed by atoms with E-state index in [4.69, 9.17) is 5.11 Å². The number of hydrogen-bond donors (Lipinski definition) is 1. The summed E-state index contributed by atoms with van der Waals surface area (Å²) in [4.78, 5) is 11.8. The average molecular weight is 256 g/mol. The van der Waals surface area contributed by atoms with Crippen LogP contribution in [0.25, 0.3) is 0 Å². The lowest BCUT2D eigenvalue weighted by atomic mass is 10.0. The molecule has 4 nitrogen and oxygen atoms in total. The third kappa shape index (κ3) is 3.38. The molecule has 0 atom stereocenters. The van der Waals surface area contributed by atoms with Gasteiger partial charge in [0.15, 0.2) is 15.6 Å². The molecular weight excluding hydrogens is 240 g/mol. The molecule has 17 heavy (non-hydrogen) atoms. The highest BCUT2D eigenvalue weighted by Gasteiger charge is 2.15. The summed E-state index contributed by atoms with van der Waals surface area (Å²) in [6.07, 6.45) is 0. The molecule has 0 fully saturated rings. The minimum atomic E-state index is -3.43. The van der Waals surface area contributed by atoms with E-state index in [9.17, 15) is 13.2 Å². The molecule has 0 unspecified atom stereocenters. The van der Waals surface area contributed by atoms with Crippen LogP contribution >= 0.6 is 0 Å². The van der Waals surface area contributed by atoms with Crippen molar-refractivity contribution in [3.05, 3.63) is 29.8 Å². The quantitative estimate of drug-likeness (QED) is 0.806. The van der Waals surface area contributed by atoms with E-state index >= 15 is 0 Å². The SMILES string of the molecule is CC(C)C(=O)c1ccc(S(=O)(=O)CCO)cc1. The number of hydrogen-bond acceptors (Lipinski definition) is 4. The average Bonchev–Trinajstić information content (AvgIpc) is 2.28. The predicted molar refractivity (Wildman–Crippen MR) is 64.7 cm³/mol. The van der Waals surface area contributed by atoms with Crippen molar-refractivity contribution in [2.24, 2.45) is 5.92 Å². The second kappa shape index (κ2) is 5.42. The van der Waals surface area contributed by atoms with E-state index in [1.807, 2.05) is 0 Å². The molecule has 1 aromatic carbocycles. The summed E-state index contributed by atoms with van der Waals surface area (Å²) < 4.78 is 23.2. The molecule has 0 saturated carbocycles. The highest BCUT2D eigenvalue weighted by molar-refractivity contribution is 7.91. The first kappa shape index (κ1) is 13.9. The van der Waals surface area contributed by atoms with E-state index < -0.39 is 16.4 Å². The summed E-state index contributed by atoms with van der Waals surface area (Å²) in [5.41, 5.74) is 0.503. The number of aliphatic hydroxyl groups excluding tert-OH is 1. The number of Topliss-reactive ketones (excluding diaryl/α,β-unsaturated/α-hetero) is 1. The largest absolute Gasteiger partial charge is 0.395 e. The monoisotopic (exact) mass is 256 g/mol. The number of sulfone groups is 1. The van der Waals surface area contributed by atoms with Crippen LogP contribution in [0.3, 0.4) is 0 Å². The van der Waals surface area contributed by atoms with E-state index in [2.05, 4.69) is 0 Å². The van der Waals surface area contributed by atoms with Gasteiger partial charge in [-0.25, -0.2) is 8.42 Å². The fourth-order valence-electron chi connectivity index (χ4n) is 1.40. The number of aliphatic hydroxyl groups is 1. The van der Waals surface area contributed by atoms with Crippen LogP contribution in [0.1, 0.15) is 24.2 Å². The van der Waals surface area contributed by atoms with Gasteiger partial charge >= 0.3 is 0 Å². The molecule has 0 radical (unpaired) electrons. The highest BCUT2D eigenvalue weighted by Crippen LogP contribution is 2.14. The molecule has 5 heteroatoms. The Morgan fingerprint density at radius 1 is 1.24 bits per heavy atom. The molecule has 0 aromatic heterocycles. The van der Waals surface area contributed by atoms with Gasteiger partial charge in [-0.1, -0.05) is 26.0 Å². The molecule has 94 valence electrons. The van der Waals surface area contributed by atoms with Gasteiger partial charge in [0, 0.05) is 11.5 Å². The van der Waals surface area contributed by atoms with Gasteiger partial charge in [-0.05, 0) is 12.1 Å². The first-order valence-corrected chi connectivity index (χ1v) is 7.01. The molecule has 0 aliphatic heterocycles. The number of carbonyl (C=O) groups excluding carboxylic acids is 1. The molecular formula is C12H16O4S. The van der Waals surface area contributed by atoms with Crippen LogP contribution in [-0.4, -0.2) is 31.7 Å². The Hall–Kier alpha value is -1.20. The van der Waals surface area contributed by atoms with E-state index in [0.29, 0.717) is 5.56 Å². The van der Waals surface area contributed by atoms with Crippen LogP contribution < -0.4 is 0 Å². The van der Waals surface area contributed by atoms with Crippen LogP contribution in [-0.2, 0) is 9.84 Å². The molecule has 1 rings (SSSR count). The first-order chi connectivity index (χ1) is 7.88. The van der Waals surface area contributed by atoms with Gasteiger partial charge in [0.2, 0.25) is 0 Å². The van der Waals surface area contributed by atoms with Crippen LogP contribution in [0, 0.1) is 5.92 Å². The molecule has 1 N–H and O–H groups in total. The van der Waals surface area contributed by atoms with E-state index in [1.54, 1.807) is 13.8 Å². The standard InChI is InChI=1S/C12H16O4S/c1-9(2)12(14)10-3-5-11(6-4-10)17(15,16)8-7-13/h3-6,9,13H,7-8H2,1-2H3. The van der Waals surface area contributed by atoms with Crippen LogP contribution in [0.15, 0.2) is 29.2 Å². The molecule has 1 aromatic rings. The Balaban J connectivity index is 3.00. The second-order valence-corrected chi connectivity index (χ2v) is 6.19. The van der Waals surface area contributed by atoms with Crippen LogP contribution in [0.5, 0.6) is 0 Å². The summed E-state index contributed by atoms with van der Waals surface area (Å²) in [5.74, 6) is -0.434. The Bertz CT molecular complexity index is 486. The zero-order valence-electron chi connectivity index (χ0n) is 9.88. The Labute approximate surface area is 101 Å². The first-order valence-electron chi connectivity index (χ1n) is 5.36. The molecule has 0 aliphatic rings. The van der Waals surface area contributed by atoms with Crippen molar-refractivity contribution >= 4 is 15.6 Å². The fraction of sp³-hybridized carbons (Fsp3) is 0.417. The topological polar surface area (TPSA) is 71.4 Å². The van der Waals surface area contributed by atoms with Crippen molar-refractivity contribution in [1.82, 2.24) is 0 Å². The van der Waals surface area contributed by atoms with Crippen molar-refractivity contribution in [1.29, 1.82) is 0 Å². The molecule has 0 aliphatic carbocycles. The summed E-state index contributed by atoms with van der Waals surface area (Å²) >= 11 is 0. The van der Waals surface area contributed by atoms with Gasteiger partial charge in [-0.3, -0.25) is 4.79 Å². The minimum Gasteiger partial charge on any atom is -0.395 e. The summed E-state index contributed by atoms with van der Waals surface area (Å²) in [6.45, 7) is 3.17. The number of carbonyl (C=O) groups is 1. The maximum Gasteiger partial charge on any atom is 0.180 e. The lowest BCUT2D eigenvalue weighted by Crippen LogP contribution is -2.11. The van der Waals surface area contributed by atoms with Gasteiger partial charge in [0.25, 0.3) is 0 Å². The number of rotatable bonds is 5. The molecule has 0 saturated heterocycles. The van der Waals surface area contributed by atoms with Gasteiger partial charge in [-0.15, -0.1) is 0 Å². The van der Waals surface area contributed by atoms with Crippen molar-refractivity contribution in [2.75, 3.05) is 12.4 Å². The van der Waals surface area contributed by atoms with Crippen molar-refractivity contribution in [2.45, 2.75) is 18.7 Å². The Morgan fingerprint density at radius 3 is 2.18 bits per heavy atom. The minimum absolute atomic E-state index is 0.0175. The highest BCUT2D eigenvalue weighted by atomic mass is 32.2. The maximum atomic E-state index is 11.6. The number of ketones is 1. The summed E-state index contributed by atoms with van der Waals surface area (Å²) in [5, 5.41) is 8.65. The second-order valence-electron chi connectivity index (χ2n) is 4.09. The maximum absolute atomic E-state index is 11.6. The Morgan fingerprint density at radius 2 is 1.76 bits per heavy atom. The molecule has 0 spiro atoms. The summed E-state index contributed by atoms with van der Waals surface area (Å²) in [6, 6.07) is 5.82. The van der Waals surface area contributed by atoms with Gasteiger partial charge < -0.3 is 5.11 Å². The van der Waals surface area contributed by atoms with Crippen LogP contribution in [0.2, 0.25) is 0 Å². The van der Waals surface area contributed by atoms with E-state index in [-0.39, 0.29) is 22.3 Å². The zero-order valence-corrected chi connectivity index (χ0v) is 10.7. The third-order valence-corrected chi connectivity index (χ3v) is 4.09. The molecule has 0 heterocycles. The van der Waals surface area contributed by atoms with Gasteiger partial charge in [-0.2, -0.15) is 0 Å². The van der Waals surface area contributed by atoms with Crippen molar-refractivity contribution in [3.63, 3.8) is 0 Å². The normalized spacial score (nSPS) is 11.8. The third-order valence-electron chi connectivity index (χ3n) is 2.38. The molecule has 0 amide bonds. The Kier molecular flexibility index (Phi) is 4.42.